The van der Waals surface area contributed by atoms with Crippen molar-refractivity contribution in [2.75, 3.05) is 0 Å². The predicted molar refractivity (Wildman–Crippen MR) is 55.3 cm³/mol. The van der Waals surface area contributed by atoms with Crippen LogP contribution in [0.25, 0.3) is 10.9 Å². The second-order valence-corrected chi connectivity index (χ2v) is 3.78. The van der Waals surface area contributed by atoms with E-state index in [-0.39, 0.29) is 0 Å². The maximum atomic E-state index is 6.12. The summed E-state index contributed by atoms with van der Waals surface area (Å²) in [5.41, 5.74) is 4.40. The van der Waals surface area contributed by atoms with Crippen molar-refractivity contribution in [2.45, 2.75) is 20.8 Å². The zero-order valence-corrected chi connectivity index (χ0v) is 8.66. The molecule has 68 valence electrons. The van der Waals surface area contributed by atoms with Gasteiger partial charge in [-0.15, -0.1) is 0 Å². The van der Waals surface area contributed by atoms with E-state index in [0.717, 1.165) is 21.6 Å². The Morgan fingerprint density at radius 3 is 2.69 bits per heavy atom. The van der Waals surface area contributed by atoms with E-state index in [1.807, 2.05) is 19.9 Å². The van der Waals surface area contributed by atoms with Crippen molar-refractivity contribution in [3.63, 3.8) is 0 Å². The number of rotatable bonds is 0. The minimum atomic E-state index is 0.782. The quantitative estimate of drug-likeness (QED) is 0.686. The van der Waals surface area contributed by atoms with Crippen LogP contribution in [0.5, 0.6) is 0 Å². The molecule has 0 unspecified atom stereocenters. The highest BCUT2D eigenvalue weighted by Gasteiger charge is 2.10. The van der Waals surface area contributed by atoms with Gasteiger partial charge in [0.1, 0.15) is 0 Å². The van der Waals surface area contributed by atoms with Crippen molar-refractivity contribution >= 4 is 22.5 Å². The first-order valence-corrected chi connectivity index (χ1v) is 4.59. The fraction of sp³-hybridized carbons (Fsp3) is 0.300. The van der Waals surface area contributed by atoms with Crippen molar-refractivity contribution in [2.24, 2.45) is 0 Å². The number of H-pyrrole nitrogens is 1. The molecule has 2 aromatic rings. The molecule has 2 nitrogen and oxygen atoms in total. The van der Waals surface area contributed by atoms with Gasteiger partial charge in [0.2, 0.25) is 0 Å². The van der Waals surface area contributed by atoms with Crippen LogP contribution in [0.4, 0.5) is 0 Å². The third kappa shape index (κ3) is 1.13. The maximum absolute atomic E-state index is 6.12. The molecule has 0 bridgehead atoms. The number of aromatic amines is 1. The normalized spacial score (nSPS) is 11.1. The number of nitrogens with zero attached hydrogens (tertiary/aromatic N) is 1. The van der Waals surface area contributed by atoms with E-state index in [2.05, 4.69) is 17.1 Å². The van der Waals surface area contributed by atoms with Gasteiger partial charge in [0.25, 0.3) is 0 Å². The van der Waals surface area contributed by atoms with Crippen molar-refractivity contribution in [3.8, 4) is 0 Å². The van der Waals surface area contributed by atoms with E-state index in [1.165, 1.54) is 11.1 Å². The molecular weight excluding hydrogens is 184 g/mol. The SMILES string of the molecule is Cc1cc(Cl)c2c(C)[nH]nc2c1C. The van der Waals surface area contributed by atoms with Crippen LogP contribution in [0.3, 0.4) is 0 Å². The number of fused-ring (bicyclic) bond motifs is 1. The fourth-order valence-electron chi connectivity index (χ4n) is 1.55. The van der Waals surface area contributed by atoms with E-state index in [0.29, 0.717) is 0 Å². The summed E-state index contributed by atoms with van der Waals surface area (Å²) in [6.07, 6.45) is 0. The third-order valence-electron chi connectivity index (χ3n) is 2.48. The fourth-order valence-corrected chi connectivity index (χ4v) is 1.94. The third-order valence-corrected chi connectivity index (χ3v) is 2.77. The number of nitrogens with one attached hydrogen (secondary N) is 1. The summed E-state index contributed by atoms with van der Waals surface area (Å²) < 4.78 is 0. The number of benzene rings is 1. The molecule has 0 atom stereocenters. The molecule has 0 saturated carbocycles. The highest BCUT2D eigenvalue weighted by Crippen LogP contribution is 2.29. The molecule has 3 heteroatoms. The average molecular weight is 195 g/mol. The summed E-state index contributed by atoms with van der Waals surface area (Å²) in [5, 5.41) is 9.01. The molecule has 0 spiro atoms. The van der Waals surface area contributed by atoms with E-state index in [9.17, 15) is 0 Å². The van der Waals surface area contributed by atoms with Crippen LogP contribution < -0.4 is 0 Å². The first-order chi connectivity index (χ1) is 6.11. The molecule has 1 aromatic carbocycles. The first-order valence-electron chi connectivity index (χ1n) is 4.21. The number of hydrogen-bond acceptors (Lipinski definition) is 1. The summed E-state index contributed by atoms with van der Waals surface area (Å²) in [7, 11) is 0. The van der Waals surface area contributed by atoms with Gasteiger partial charge in [0.15, 0.2) is 0 Å². The molecule has 0 saturated heterocycles. The molecule has 0 amide bonds. The van der Waals surface area contributed by atoms with Gasteiger partial charge in [-0.05, 0) is 38.0 Å². The molecule has 2 rings (SSSR count). The number of halogens is 1. The van der Waals surface area contributed by atoms with Gasteiger partial charge in [0.05, 0.1) is 10.5 Å². The zero-order chi connectivity index (χ0) is 9.59. The largest absolute Gasteiger partial charge is 0.282 e. The minimum absolute atomic E-state index is 0.782. The minimum Gasteiger partial charge on any atom is -0.282 e. The summed E-state index contributed by atoms with van der Waals surface area (Å²) in [4.78, 5) is 0. The summed E-state index contributed by atoms with van der Waals surface area (Å²) in [5.74, 6) is 0. The Labute approximate surface area is 81.9 Å². The Morgan fingerprint density at radius 1 is 1.31 bits per heavy atom. The van der Waals surface area contributed by atoms with E-state index < -0.39 is 0 Å². The van der Waals surface area contributed by atoms with Gasteiger partial charge >= 0.3 is 0 Å². The van der Waals surface area contributed by atoms with Crippen molar-refractivity contribution < 1.29 is 0 Å². The van der Waals surface area contributed by atoms with Crippen LogP contribution in [-0.2, 0) is 0 Å². The van der Waals surface area contributed by atoms with Gasteiger partial charge in [-0.1, -0.05) is 11.6 Å². The standard InChI is InChI=1S/C10H11ClN2/c1-5-4-8(11)9-7(3)12-13-10(9)6(5)2/h4H,1-3H3,(H,12,13). The molecule has 0 fully saturated rings. The Hall–Kier alpha value is -1.02. The van der Waals surface area contributed by atoms with Gasteiger partial charge in [-0.2, -0.15) is 5.10 Å². The second kappa shape index (κ2) is 2.74. The first kappa shape index (κ1) is 8.57. The van der Waals surface area contributed by atoms with Crippen LogP contribution >= 0.6 is 11.6 Å². The van der Waals surface area contributed by atoms with E-state index in [4.69, 9.17) is 11.6 Å². The van der Waals surface area contributed by atoms with Crippen LogP contribution in [0, 0.1) is 20.8 Å². The molecule has 0 radical (unpaired) electrons. The number of aromatic nitrogens is 2. The van der Waals surface area contributed by atoms with Crippen LogP contribution in [0.15, 0.2) is 6.07 Å². The molecule has 0 aliphatic heterocycles. The lowest BCUT2D eigenvalue weighted by atomic mass is 10.1. The van der Waals surface area contributed by atoms with Gasteiger partial charge in [-0.25, -0.2) is 0 Å². The topological polar surface area (TPSA) is 28.7 Å². The molecule has 0 aliphatic carbocycles. The highest BCUT2D eigenvalue weighted by atomic mass is 35.5. The smallest absolute Gasteiger partial charge is 0.0970 e. The van der Waals surface area contributed by atoms with Crippen LogP contribution in [-0.4, -0.2) is 10.2 Å². The van der Waals surface area contributed by atoms with E-state index >= 15 is 0 Å². The Bertz CT molecular complexity index is 471. The molecular formula is C10H11ClN2. The van der Waals surface area contributed by atoms with Crippen molar-refractivity contribution in [1.82, 2.24) is 10.2 Å². The number of hydrogen-bond donors (Lipinski definition) is 1. The summed E-state index contributed by atoms with van der Waals surface area (Å²) in [6, 6.07) is 1.99. The monoisotopic (exact) mass is 194 g/mol. The highest BCUT2D eigenvalue weighted by molar-refractivity contribution is 6.35. The molecule has 1 heterocycles. The second-order valence-electron chi connectivity index (χ2n) is 3.37. The van der Waals surface area contributed by atoms with E-state index in [1.54, 1.807) is 0 Å². The Kier molecular flexibility index (Phi) is 1.81. The van der Waals surface area contributed by atoms with Gasteiger partial charge < -0.3 is 0 Å². The Morgan fingerprint density at radius 2 is 2.00 bits per heavy atom. The van der Waals surface area contributed by atoms with Crippen molar-refractivity contribution in [3.05, 3.63) is 27.9 Å². The van der Waals surface area contributed by atoms with Gasteiger partial charge in [0, 0.05) is 11.1 Å². The lowest BCUT2D eigenvalue weighted by Gasteiger charge is -2.02. The predicted octanol–water partition coefficient (Wildman–Crippen LogP) is 3.14. The van der Waals surface area contributed by atoms with Crippen LogP contribution in [0.1, 0.15) is 16.8 Å². The lowest BCUT2D eigenvalue weighted by Crippen LogP contribution is -1.83. The van der Waals surface area contributed by atoms with Crippen LogP contribution in [0.2, 0.25) is 5.02 Å². The molecule has 1 aromatic heterocycles. The average Bonchev–Trinajstić information content (AvgIpc) is 2.44. The maximum Gasteiger partial charge on any atom is 0.0970 e. The van der Waals surface area contributed by atoms with Gasteiger partial charge in [-0.3, -0.25) is 5.10 Å². The Balaban J connectivity index is 2.99. The van der Waals surface area contributed by atoms with Crippen molar-refractivity contribution in [1.29, 1.82) is 0 Å². The number of aryl methyl sites for hydroxylation is 3. The molecule has 0 aliphatic rings. The zero-order valence-electron chi connectivity index (χ0n) is 7.90. The summed E-state index contributed by atoms with van der Waals surface area (Å²) in [6.45, 7) is 6.09. The lowest BCUT2D eigenvalue weighted by molar-refractivity contribution is 1.06. The summed E-state index contributed by atoms with van der Waals surface area (Å²) >= 11 is 6.12. The molecule has 1 N–H and O–H groups in total. The molecule has 13 heavy (non-hydrogen) atoms.